The Balaban J connectivity index is 2.81. The van der Waals surface area contributed by atoms with Crippen molar-refractivity contribution in [1.82, 2.24) is 9.80 Å². The molecule has 1 saturated heterocycles. The van der Waals surface area contributed by atoms with E-state index in [0.717, 1.165) is 13.0 Å². The lowest BCUT2D eigenvalue weighted by Gasteiger charge is -2.40. The Morgan fingerprint density at radius 3 is 2.65 bits per heavy atom. The van der Waals surface area contributed by atoms with Crippen LogP contribution in [-0.2, 0) is 4.79 Å². The lowest BCUT2D eigenvalue weighted by molar-refractivity contribution is -0.130. The molecule has 0 aliphatic carbocycles. The highest BCUT2D eigenvalue weighted by atomic mass is 79.9. The maximum absolute atomic E-state index is 12.2. The molecule has 1 amide bonds. The third-order valence-corrected chi connectivity index (χ3v) is 4.16. The number of ketones is 1. The molecule has 1 fully saturated rings. The lowest BCUT2D eigenvalue weighted by atomic mass is 10.1. The summed E-state index contributed by atoms with van der Waals surface area (Å²) in [5.41, 5.74) is 0. The van der Waals surface area contributed by atoms with Gasteiger partial charge in [-0.25, -0.2) is 4.79 Å². The molecule has 0 saturated carbocycles. The van der Waals surface area contributed by atoms with Crippen molar-refractivity contribution in [3.8, 4) is 0 Å². The summed E-state index contributed by atoms with van der Waals surface area (Å²) in [5.74, 6) is -0.0888. The number of hydrogen-bond acceptors (Lipinski definition) is 3. The molecule has 2 unspecified atom stereocenters. The third-order valence-electron chi connectivity index (χ3n) is 2.79. The van der Waals surface area contributed by atoms with Gasteiger partial charge in [0.1, 0.15) is 6.17 Å². The maximum atomic E-state index is 12.2. The fraction of sp³-hybridized carbons (Fsp3) is 0.800. The first-order valence-corrected chi connectivity index (χ1v) is 7.46. The van der Waals surface area contributed by atoms with Crippen LogP contribution in [0.2, 0.25) is 0 Å². The van der Waals surface area contributed by atoms with Crippen LogP contribution >= 0.6 is 31.9 Å². The van der Waals surface area contributed by atoms with Crippen molar-refractivity contribution in [2.45, 2.75) is 23.8 Å². The Bertz CT molecular complexity index is 301. The van der Waals surface area contributed by atoms with E-state index in [0.29, 0.717) is 18.3 Å². The van der Waals surface area contributed by atoms with Crippen LogP contribution in [0.25, 0.3) is 0 Å². The van der Waals surface area contributed by atoms with Gasteiger partial charge in [0.25, 0.3) is 0 Å². The van der Waals surface area contributed by atoms with Crippen LogP contribution in [0.5, 0.6) is 0 Å². The SMILES string of the molecule is CN1CCCN(C(=O)O)C1C(=O)C(Br)CCBr. The zero-order valence-electron chi connectivity index (χ0n) is 9.60. The van der Waals surface area contributed by atoms with E-state index in [2.05, 4.69) is 31.9 Å². The Labute approximate surface area is 117 Å². The molecule has 1 heterocycles. The molecule has 1 N–H and O–H groups in total. The van der Waals surface area contributed by atoms with Crippen molar-refractivity contribution < 1.29 is 14.7 Å². The van der Waals surface area contributed by atoms with Crippen LogP contribution in [-0.4, -0.2) is 63.2 Å². The summed E-state index contributed by atoms with van der Waals surface area (Å²) in [4.78, 5) is 26.0. The Morgan fingerprint density at radius 2 is 2.12 bits per heavy atom. The van der Waals surface area contributed by atoms with Gasteiger partial charge in [0.05, 0.1) is 4.83 Å². The van der Waals surface area contributed by atoms with Crippen molar-refractivity contribution in [2.24, 2.45) is 0 Å². The number of amides is 1. The van der Waals surface area contributed by atoms with E-state index in [1.165, 1.54) is 4.90 Å². The van der Waals surface area contributed by atoms with Crippen LogP contribution in [0.3, 0.4) is 0 Å². The summed E-state index contributed by atoms with van der Waals surface area (Å²) in [5, 5.41) is 9.82. The highest BCUT2D eigenvalue weighted by Crippen LogP contribution is 2.19. The number of hydrogen-bond donors (Lipinski definition) is 1. The number of rotatable bonds is 4. The number of carbonyl (C=O) groups excluding carboxylic acids is 1. The van der Waals surface area contributed by atoms with E-state index >= 15 is 0 Å². The fourth-order valence-electron chi connectivity index (χ4n) is 1.94. The molecule has 1 aliphatic rings. The van der Waals surface area contributed by atoms with Gasteiger partial charge in [-0.15, -0.1) is 0 Å². The lowest BCUT2D eigenvalue weighted by Crippen LogP contribution is -2.59. The molecule has 1 aliphatic heterocycles. The van der Waals surface area contributed by atoms with Gasteiger partial charge in [-0.2, -0.15) is 0 Å². The van der Waals surface area contributed by atoms with Crippen molar-refractivity contribution in [2.75, 3.05) is 25.5 Å². The normalized spacial score (nSPS) is 23.5. The molecular weight excluding hydrogens is 356 g/mol. The summed E-state index contributed by atoms with van der Waals surface area (Å²) in [7, 11) is 1.78. The van der Waals surface area contributed by atoms with E-state index in [1.807, 2.05) is 0 Å². The molecule has 2 atom stereocenters. The first-order chi connectivity index (χ1) is 7.99. The molecule has 0 aromatic carbocycles. The van der Waals surface area contributed by atoms with E-state index in [4.69, 9.17) is 5.11 Å². The van der Waals surface area contributed by atoms with Crippen LogP contribution in [0, 0.1) is 0 Å². The minimum atomic E-state index is -1.03. The summed E-state index contributed by atoms with van der Waals surface area (Å²) in [6.07, 6.45) is -0.285. The number of Topliss-reactive ketones (excluding diaryl/α,β-unsaturated/α-hetero) is 1. The van der Waals surface area contributed by atoms with Gasteiger partial charge in [-0.1, -0.05) is 31.9 Å². The Hall–Kier alpha value is -0.140. The highest BCUT2D eigenvalue weighted by Gasteiger charge is 2.37. The number of nitrogens with zero attached hydrogens (tertiary/aromatic N) is 2. The topological polar surface area (TPSA) is 60.9 Å². The van der Waals surface area contributed by atoms with Crippen LogP contribution in [0.4, 0.5) is 4.79 Å². The van der Waals surface area contributed by atoms with Gasteiger partial charge >= 0.3 is 6.09 Å². The predicted octanol–water partition coefficient (Wildman–Crippen LogP) is 1.75. The third kappa shape index (κ3) is 3.66. The van der Waals surface area contributed by atoms with E-state index in [9.17, 15) is 9.59 Å². The van der Waals surface area contributed by atoms with E-state index < -0.39 is 12.3 Å². The summed E-state index contributed by atoms with van der Waals surface area (Å²) >= 11 is 6.59. The molecule has 7 heteroatoms. The van der Waals surface area contributed by atoms with E-state index in [1.54, 1.807) is 11.9 Å². The van der Waals surface area contributed by atoms with Crippen molar-refractivity contribution in [3.63, 3.8) is 0 Å². The van der Waals surface area contributed by atoms with Gasteiger partial charge in [0.2, 0.25) is 0 Å². The van der Waals surface area contributed by atoms with Crippen LogP contribution < -0.4 is 0 Å². The maximum Gasteiger partial charge on any atom is 0.408 e. The van der Waals surface area contributed by atoms with Gasteiger partial charge in [0.15, 0.2) is 5.78 Å². The number of halogens is 2. The van der Waals surface area contributed by atoms with Gasteiger partial charge in [0, 0.05) is 18.4 Å². The quantitative estimate of drug-likeness (QED) is 0.764. The number of alkyl halides is 2. The fourth-order valence-corrected chi connectivity index (χ4v) is 3.48. The summed E-state index contributed by atoms with van der Waals surface area (Å²) in [6, 6.07) is 0. The van der Waals surface area contributed by atoms with E-state index in [-0.39, 0.29) is 10.6 Å². The minimum Gasteiger partial charge on any atom is -0.465 e. The molecule has 0 radical (unpaired) electrons. The number of carbonyl (C=O) groups is 2. The van der Waals surface area contributed by atoms with Crippen LogP contribution in [0.15, 0.2) is 0 Å². The first-order valence-electron chi connectivity index (χ1n) is 5.42. The standard InChI is InChI=1S/C10H16Br2N2O3/c1-13-5-2-6-14(10(16)17)9(13)8(15)7(12)3-4-11/h7,9H,2-6H2,1H3,(H,16,17). The minimum absolute atomic E-state index is 0.0888. The zero-order valence-corrected chi connectivity index (χ0v) is 12.8. The molecule has 0 bridgehead atoms. The molecule has 17 heavy (non-hydrogen) atoms. The monoisotopic (exact) mass is 370 g/mol. The van der Waals surface area contributed by atoms with Gasteiger partial charge in [-0.05, 0) is 19.9 Å². The molecule has 0 aromatic heterocycles. The highest BCUT2D eigenvalue weighted by molar-refractivity contribution is 9.10. The Kier molecular flexibility index (Phi) is 5.88. The van der Waals surface area contributed by atoms with Crippen LogP contribution in [0.1, 0.15) is 12.8 Å². The second-order valence-electron chi connectivity index (χ2n) is 4.03. The molecule has 98 valence electrons. The van der Waals surface area contributed by atoms with Gasteiger partial charge < -0.3 is 5.11 Å². The number of likely N-dealkylation sites (N-methyl/N-ethyl adjacent to an activating group) is 1. The smallest absolute Gasteiger partial charge is 0.408 e. The average Bonchev–Trinajstić information content (AvgIpc) is 2.28. The predicted molar refractivity (Wildman–Crippen MR) is 71.9 cm³/mol. The van der Waals surface area contributed by atoms with Gasteiger partial charge in [-0.3, -0.25) is 14.6 Å². The van der Waals surface area contributed by atoms with Crippen molar-refractivity contribution in [1.29, 1.82) is 0 Å². The first kappa shape index (κ1) is 14.9. The van der Waals surface area contributed by atoms with Crippen molar-refractivity contribution >= 4 is 43.7 Å². The zero-order chi connectivity index (χ0) is 13.0. The average molecular weight is 372 g/mol. The largest absolute Gasteiger partial charge is 0.465 e. The van der Waals surface area contributed by atoms with Crippen molar-refractivity contribution in [3.05, 3.63) is 0 Å². The molecule has 1 rings (SSSR count). The Morgan fingerprint density at radius 1 is 1.47 bits per heavy atom. The summed E-state index contributed by atoms with van der Waals surface area (Å²) in [6.45, 7) is 1.17. The number of carboxylic acid groups (broad SMARTS) is 1. The molecule has 0 aromatic rings. The second kappa shape index (κ2) is 6.70. The summed E-state index contributed by atoms with van der Waals surface area (Å²) < 4.78 is 0. The second-order valence-corrected chi connectivity index (χ2v) is 5.93. The molecule has 0 spiro atoms. The molecule has 5 nitrogen and oxygen atoms in total. The molecular formula is C10H16Br2N2O3.